The Hall–Kier alpha value is -3.64. The van der Waals surface area contributed by atoms with Gasteiger partial charge in [0.2, 0.25) is 11.8 Å². The number of hydrogen-bond donors (Lipinski definition) is 1. The van der Waals surface area contributed by atoms with Gasteiger partial charge in [-0.15, -0.1) is 0 Å². The van der Waals surface area contributed by atoms with E-state index in [-0.39, 0.29) is 17.9 Å². The monoisotopic (exact) mass is 563 g/mol. The Morgan fingerprint density at radius 2 is 1.50 bits per heavy atom. The Morgan fingerprint density at radius 1 is 0.833 bits per heavy atom. The highest BCUT2D eigenvalue weighted by Crippen LogP contribution is 2.49. The van der Waals surface area contributed by atoms with Crippen LogP contribution in [0.1, 0.15) is 48.8 Å². The molecule has 3 fully saturated rings. The third kappa shape index (κ3) is 5.45. The minimum atomic E-state index is -0.844. The molecular formula is C36H41N3O3. The van der Waals surface area contributed by atoms with E-state index in [9.17, 15) is 9.59 Å². The number of amides is 2. The van der Waals surface area contributed by atoms with Crippen LogP contribution in [-0.2, 0) is 33.6 Å². The van der Waals surface area contributed by atoms with Gasteiger partial charge in [-0.1, -0.05) is 54.6 Å². The van der Waals surface area contributed by atoms with Gasteiger partial charge in [0.05, 0.1) is 19.6 Å². The zero-order chi connectivity index (χ0) is 28.5. The number of rotatable bonds is 7. The van der Waals surface area contributed by atoms with Crippen molar-refractivity contribution >= 4 is 23.2 Å². The normalized spacial score (nSPS) is 25.2. The number of nitrogens with one attached hydrogen (secondary N) is 1. The van der Waals surface area contributed by atoms with Gasteiger partial charge < -0.3 is 19.9 Å². The fourth-order valence-corrected chi connectivity index (χ4v) is 7.73. The lowest BCUT2D eigenvalue weighted by Gasteiger charge is -2.51. The largest absolute Gasteiger partial charge is 0.378 e. The van der Waals surface area contributed by atoms with Crippen molar-refractivity contribution in [3.05, 3.63) is 95.6 Å². The van der Waals surface area contributed by atoms with Gasteiger partial charge >= 0.3 is 0 Å². The maximum Gasteiger partial charge on any atom is 0.250 e. The molecule has 3 aromatic carbocycles. The zero-order valence-electron chi connectivity index (χ0n) is 24.3. The molecule has 6 heteroatoms. The molecule has 1 heterocycles. The molecule has 3 atom stereocenters. The molecule has 1 aliphatic heterocycles. The first-order valence-electron chi connectivity index (χ1n) is 15.8. The molecule has 0 spiro atoms. The minimum absolute atomic E-state index is 0.0211. The summed E-state index contributed by atoms with van der Waals surface area (Å²) in [6.07, 6.45) is 6.73. The average Bonchev–Trinajstić information content (AvgIpc) is 3.86. The van der Waals surface area contributed by atoms with Crippen LogP contribution >= 0.6 is 0 Å². The van der Waals surface area contributed by atoms with Crippen LogP contribution in [0.25, 0.3) is 0 Å². The molecule has 218 valence electrons. The Labute approximate surface area is 249 Å². The quantitative estimate of drug-likeness (QED) is 0.404. The van der Waals surface area contributed by atoms with E-state index in [0.29, 0.717) is 24.7 Å². The Morgan fingerprint density at radius 3 is 2.19 bits per heavy atom. The number of nitrogens with zero attached hydrogens (tertiary/aromatic N) is 2. The molecule has 0 aromatic heterocycles. The van der Waals surface area contributed by atoms with E-state index < -0.39 is 5.54 Å². The van der Waals surface area contributed by atoms with Crippen LogP contribution in [0.15, 0.2) is 78.9 Å². The van der Waals surface area contributed by atoms with Crippen molar-refractivity contribution in [2.24, 2.45) is 11.8 Å². The Bertz CT molecular complexity index is 1410. The molecular weight excluding hydrogens is 522 g/mol. The fraction of sp³-hybridized carbons (Fsp3) is 0.444. The molecule has 7 rings (SSSR count). The van der Waals surface area contributed by atoms with E-state index in [1.807, 2.05) is 47.4 Å². The van der Waals surface area contributed by atoms with Crippen molar-refractivity contribution in [1.29, 1.82) is 0 Å². The molecule has 4 aliphatic rings. The minimum Gasteiger partial charge on any atom is -0.378 e. The molecule has 2 amide bonds. The lowest BCUT2D eigenvalue weighted by atomic mass is 9.62. The second-order valence-electron chi connectivity index (χ2n) is 12.7. The number of ether oxygens (including phenoxy) is 1. The summed E-state index contributed by atoms with van der Waals surface area (Å²) in [5.41, 5.74) is 4.95. The predicted molar refractivity (Wildman–Crippen MR) is 166 cm³/mol. The number of fused-ring (bicyclic) bond motifs is 2. The van der Waals surface area contributed by atoms with Crippen LogP contribution in [-0.4, -0.2) is 54.6 Å². The Kier molecular flexibility index (Phi) is 7.49. The molecule has 1 saturated heterocycles. The van der Waals surface area contributed by atoms with Gasteiger partial charge in [0, 0.05) is 30.5 Å². The summed E-state index contributed by atoms with van der Waals surface area (Å²) >= 11 is 0. The van der Waals surface area contributed by atoms with Gasteiger partial charge in [0.15, 0.2) is 0 Å². The van der Waals surface area contributed by atoms with Gasteiger partial charge in [-0.2, -0.15) is 0 Å². The lowest BCUT2D eigenvalue weighted by molar-refractivity contribution is -0.150. The van der Waals surface area contributed by atoms with Crippen molar-refractivity contribution in [3.63, 3.8) is 0 Å². The second kappa shape index (κ2) is 11.6. The number of morpholine rings is 1. The smallest absolute Gasteiger partial charge is 0.250 e. The van der Waals surface area contributed by atoms with Gasteiger partial charge in [0.1, 0.15) is 5.54 Å². The van der Waals surface area contributed by atoms with Crippen LogP contribution in [0.3, 0.4) is 0 Å². The van der Waals surface area contributed by atoms with E-state index >= 15 is 0 Å². The first-order chi connectivity index (χ1) is 20.6. The van der Waals surface area contributed by atoms with E-state index in [1.54, 1.807) is 0 Å². The Balaban J connectivity index is 1.18. The molecule has 3 aliphatic carbocycles. The van der Waals surface area contributed by atoms with Gasteiger partial charge in [-0.05, 0) is 97.7 Å². The van der Waals surface area contributed by atoms with Crippen molar-refractivity contribution < 1.29 is 14.3 Å². The SMILES string of the molecule is O=C(Cc1ccccc1)N(C1CC1)C1(C(=O)Nc2ccc(N3CCOCC3)cc2)CC[C@@H]2Cc3ccccc3C[C@H]2C1. The van der Waals surface area contributed by atoms with Gasteiger partial charge in [0.25, 0.3) is 0 Å². The van der Waals surface area contributed by atoms with Gasteiger partial charge in [-0.3, -0.25) is 9.59 Å². The molecule has 3 aromatic rings. The summed E-state index contributed by atoms with van der Waals surface area (Å²) in [6, 6.07) is 27.1. The van der Waals surface area contributed by atoms with E-state index in [2.05, 4.69) is 46.6 Å². The van der Waals surface area contributed by atoms with Crippen molar-refractivity contribution in [1.82, 2.24) is 4.90 Å². The third-order valence-corrected chi connectivity index (χ3v) is 10.0. The summed E-state index contributed by atoms with van der Waals surface area (Å²) in [7, 11) is 0. The number of anilines is 2. The first kappa shape index (κ1) is 27.2. The predicted octanol–water partition coefficient (Wildman–Crippen LogP) is 5.65. The zero-order valence-corrected chi connectivity index (χ0v) is 24.3. The van der Waals surface area contributed by atoms with Crippen molar-refractivity contribution in [2.45, 2.75) is 62.9 Å². The molecule has 2 saturated carbocycles. The molecule has 0 radical (unpaired) electrons. The summed E-state index contributed by atoms with van der Waals surface area (Å²) in [5, 5.41) is 3.30. The number of carbonyl (C=O) groups is 2. The maximum absolute atomic E-state index is 14.6. The topological polar surface area (TPSA) is 61.9 Å². The van der Waals surface area contributed by atoms with Crippen LogP contribution in [0.2, 0.25) is 0 Å². The summed E-state index contributed by atoms with van der Waals surface area (Å²) in [4.78, 5) is 33.1. The van der Waals surface area contributed by atoms with Crippen LogP contribution in [0, 0.1) is 11.8 Å². The van der Waals surface area contributed by atoms with Crippen LogP contribution in [0.5, 0.6) is 0 Å². The molecule has 1 unspecified atom stereocenters. The number of carbonyl (C=O) groups excluding carboxylic acids is 2. The highest BCUT2D eigenvalue weighted by Gasteiger charge is 2.55. The second-order valence-corrected chi connectivity index (χ2v) is 12.7. The molecule has 1 N–H and O–H groups in total. The standard InChI is InChI=1S/C36H41N3O3/c40-34(22-26-6-2-1-3-7-26)39(33-14-15-33)36(17-16-29-23-27-8-4-5-9-28(27)24-30(29)25-36)35(41)37-31-10-12-32(13-11-31)38-18-20-42-21-19-38/h1-13,29-30,33H,14-25H2,(H,37,41)/t29-,30+,36?/m1/s1. The molecule has 6 nitrogen and oxygen atoms in total. The van der Waals surface area contributed by atoms with E-state index in [0.717, 1.165) is 81.8 Å². The highest BCUT2D eigenvalue weighted by atomic mass is 16.5. The van der Waals surface area contributed by atoms with Crippen molar-refractivity contribution in [2.75, 3.05) is 36.5 Å². The van der Waals surface area contributed by atoms with Crippen molar-refractivity contribution in [3.8, 4) is 0 Å². The third-order valence-electron chi connectivity index (χ3n) is 10.0. The molecule has 0 bridgehead atoms. The first-order valence-corrected chi connectivity index (χ1v) is 15.8. The maximum atomic E-state index is 14.6. The van der Waals surface area contributed by atoms with Crippen LogP contribution < -0.4 is 10.2 Å². The van der Waals surface area contributed by atoms with E-state index in [4.69, 9.17) is 4.74 Å². The van der Waals surface area contributed by atoms with Crippen LogP contribution in [0.4, 0.5) is 11.4 Å². The fourth-order valence-electron chi connectivity index (χ4n) is 7.73. The van der Waals surface area contributed by atoms with Gasteiger partial charge in [-0.25, -0.2) is 0 Å². The summed E-state index contributed by atoms with van der Waals surface area (Å²) < 4.78 is 5.51. The average molecular weight is 564 g/mol. The number of benzene rings is 3. The number of hydrogen-bond acceptors (Lipinski definition) is 4. The lowest BCUT2D eigenvalue weighted by Crippen LogP contribution is -2.63. The van der Waals surface area contributed by atoms with E-state index in [1.165, 1.54) is 11.1 Å². The molecule has 42 heavy (non-hydrogen) atoms. The highest BCUT2D eigenvalue weighted by molar-refractivity contribution is 6.01. The summed E-state index contributed by atoms with van der Waals surface area (Å²) in [6.45, 7) is 3.23. The summed E-state index contributed by atoms with van der Waals surface area (Å²) in [5.74, 6) is 0.996.